The number of hydrogen-bond donors (Lipinski definition) is 4. The van der Waals surface area contributed by atoms with E-state index in [1.54, 1.807) is 35.2 Å². The normalized spacial score (nSPS) is 13.5. The van der Waals surface area contributed by atoms with Crippen molar-refractivity contribution < 1.29 is 54.4 Å². The maximum absolute atomic E-state index is 14.1. The Kier molecular flexibility index (Phi) is 21.0. The molecule has 0 aromatic heterocycles. The summed E-state index contributed by atoms with van der Waals surface area (Å²) in [5, 5.41) is 7.60. The van der Waals surface area contributed by atoms with Crippen LogP contribution in [-0.2, 0) is 39.1 Å². The van der Waals surface area contributed by atoms with Crippen molar-refractivity contribution in [3.8, 4) is 33.6 Å². The van der Waals surface area contributed by atoms with Gasteiger partial charge in [0.25, 0.3) is 21.9 Å². The molecule has 6 aromatic rings. The van der Waals surface area contributed by atoms with Crippen molar-refractivity contribution in [2.24, 2.45) is 0 Å². The first kappa shape index (κ1) is 62.5. The molecule has 20 heteroatoms. The van der Waals surface area contributed by atoms with Gasteiger partial charge in [-0.3, -0.25) is 18.9 Å². The summed E-state index contributed by atoms with van der Waals surface area (Å²) in [4.78, 5) is 43.6. The average Bonchev–Trinajstić information content (AvgIpc) is 0.904. The molecule has 3 aliphatic rings. The highest BCUT2D eigenvalue weighted by Crippen LogP contribution is 2.44. The summed E-state index contributed by atoms with van der Waals surface area (Å²) in [6.07, 6.45) is 1.37. The fourth-order valence-corrected chi connectivity index (χ4v) is 12.7. The van der Waals surface area contributed by atoms with E-state index in [0.717, 1.165) is 60.0 Å². The zero-order valence-corrected chi connectivity index (χ0v) is 50.4. The standard InChI is InChI=1S/C66H72N6O12S2/c1-5-70(6-2)49-28-31-55-60(43-49)84-61-44-50(71(7-3)8-4)29-32-56(61)64(55)57-33-30-51(45-62(57)86(78,79)80)85(76,77)67-35-38-82-40-42-83-41-39-81-37-34-63(73)69-58-22-16-36-72(59-23-15-14-21-54(58)59)66(75)47-24-26-48(27-25-47)68-65(74)53-20-13-12-19-52(53)46-17-10-9-11-18-46/h9-15,17-21,23-33,43-45,58,67H,5-8,16,22,34-42H2,1-4H3,(H2-,68,69,73,74,75,78,79,80)/p+1. The van der Waals surface area contributed by atoms with Crippen molar-refractivity contribution in [2.75, 3.05) is 94.0 Å². The van der Waals surface area contributed by atoms with Crippen LogP contribution in [0.3, 0.4) is 0 Å². The van der Waals surface area contributed by atoms with Crippen molar-refractivity contribution in [3.05, 3.63) is 180 Å². The number of para-hydroxylation sites is 1. The van der Waals surface area contributed by atoms with Crippen LogP contribution in [0.15, 0.2) is 172 Å². The minimum atomic E-state index is -4.97. The van der Waals surface area contributed by atoms with E-state index in [1.807, 2.05) is 109 Å². The number of carbonyl (C=O) groups excluding carboxylic acids is 3. The number of fused-ring (bicyclic) bond motifs is 3. The summed E-state index contributed by atoms with van der Waals surface area (Å²) >= 11 is 0. The largest absolute Gasteiger partial charge is 0.456 e. The van der Waals surface area contributed by atoms with E-state index in [1.165, 1.54) is 12.1 Å². The van der Waals surface area contributed by atoms with Crippen LogP contribution in [0.5, 0.6) is 0 Å². The molecule has 2 aliphatic heterocycles. The van der Waals surface area contributed by atoms with Gasteiger partial charge in [0.15, 0.2) is 0 Å². The average molecular weight is 1210 g/mol. The Bertz CT molecular complexity index is 3960. The molecule has 0 saturated heterocycles. The molecule has 1 aliphatic carbocycles. The third kappa shape index (κ3) is 14.9. The van der Waals surface area contributed by atoms with Crippen LogP contribution in [-0.4, -0.2) is 118 Å². The number of rotatable bonds is 26. The number of amides is 3. The number of nitrogens with one attached hydrogen (secondary N) is 3. The maximum Gasteiger partial charge on any atom is 0.295 e. The predicted octanol–water partition coefficient (Wildman–Crippen LogP) is 10.0. The van der Waals surface area contributed by atoms with Gasteiger partial charge in [-0.15, -0.1) is 0 Å². The lowest BCUT2D eigenvalue weighted by Crippen LogP contribution is -2.32. The van der Waals surface area contributed by atoms with E-state index in [-0.39, 0.29) is 86.8 Å². The van der Waals surface area contributed by atoms with Gasteiger partial charge in [0.2, 0.25) is 21.3 Å². The number of sulfonamides is 1. The molecule has 0 spiro atoms. The van der Waals surface area contributed by atoms with Crippen molar-refractivity contribution in [1.29, 1.82) is 0 Å². The first-order valence-electron chi connectivity index (χ1n) is 29.1. The van der Waals surface area contributed by atoms with Gasteiger partial charge in [-0.1, -0.05) is 72.8 Å². The van der Waals surface area contributed by atoms with Crippen molar-refractivity contribution in [1.82, 2.24) is 14.6 Å². The van der Waals surface area contributed by atoms with E-state index in [2.05, 4.69) is 52.5 Å². The van der Waals surface area contributed by atoms with Gasteiger partial charge < -0.3 is 39.1 Å². The second-order valence-corrected chi connectivity index (χ2v) is 23.7. The van der Waals surface area contributed by atoms with E-state index in [4.69, 9.17) is 18.6 Å². The summed E-state index contributed by atoms with van der Waals surface area (Å²) < 4.78 is 92.2. The number of carbonyl (C=O) groups is 3. The second-order valence-electron chi connectivity index (χ2n) is 20.5. The highest BCUT2D eigenvalue weighted by molar-refractivity contribution is 7.89. The summed E-state index contributed by atoms with van der Waals surface area (Å²) in [5.74, 6) is -0.165. The minimum Gasteiger partial charge on any atom is -0.456 e. The smallest absolute Gasteiger partial charge is 0.295 e. The Morgan fingerprint density at radius 1 is 0.698 bits per heavy atom. The van der Waals surface area contributed by atoms with E-state index >= 15 is 0 Å². The molecule has 86 heavy (non-hydrogen) atoms. The summed E-state index contributed by atoms with van der Waals surface area (Å²) in [6, 6.07) is 46.3. The number of anilines is 3. The molecule has 6 aromatic carbocycles. The fourth-order valence-electron chi connectivity index (χ4n) is 10.8. The number of nitrogens with zero attached hydrogens (tertiary/aromatic N) is 3. The Morgan fingerprint density at radius 2 is 1.37 bits per heavy atom. The molecule has 0 bridgehead atoms. The highest BCUT2D eigenvalue weighted by atomic mass is 32.2. The lowest BCUT2D eigenvalue weighted by molar-refractivity contribution is -0.123. The van der Waals surface area contributed by atoms with Gasteiger partial charge >= 0.3 is 0 Å². The van der Waals surface area contributed by atoms with Crippen molar-refractivity contribution in [3.63, 3.8) is 0 Å². The second kappa shape index (κ2) is 28.9. The Hall–Kier alpha value is -8.08. The van der Waals surface area contributed by atoms with Gasteiger partial charge in [0, 0.05) is 95.0 Å². The van der Waals surface area contributed by atoms with E-state index in [9.17, 15) is 35.8 Å². The van der Waals surface area contributed by atoms with Gasteiger partial charge in [-0.25, -0.2) is 17.7 Å². The maximum atomic E-state index is 14.1. The zero-order valence-electron chi connectivity index (χ0n) is 48.8. The molecule has 1 unspecified atom stereocenters. The zero-order chi connectivity index (χ0) is 60.8. The van der Waals surface area contributed by atoms with Crippen molar-refractivity contribution in [2.45, 2.75) is 62.8 Å². The summed E-state index contributed by atoms with van der Waals surface area (Å²) in [6.45, 7) is 12.4. The van der Waals surface area contributed by atoms with Gasteiger partial charge in [0.1, 0.15) is 29.3 Å². The minimum absolute atomic E-state index is 0.0175. The van der Waals surface area contributed by atoms with Crippen LogP contribution in [0, 0.1) is 0 Å². The molecular formula is C66H73N6O12S2+. The number of hydrogen-bond acceptors (Lipinski definition) is 12. The molecule has 1 atom stereocenters. The lowest BCUT2D eigenvalue weighted by atomic mass is 9.93. The van der Waals surface area contributed by atoms with Gasteiger partial charge in [-0.05, 0) is 124 Å². The topological polar surface area (TPSA) is 226 Å². The first-order chi connectivity index (χ1) is 41.6. The highest BCUT2D eigenvalue weighted by Gasteiger charge is 2.30. The van der Waals surface area contributed by atoms with Crippen molar-refractivity contribution >= 4 is 65.9 Å². The molecule has 18 nitrogen and oxygen atoms in total. The Labute approximate surface area is 502 Å². The third-order valence-electron chi connectivity index (χ3n) is 15.2. The van der Waals surface area contributed by atoms with Crippen LogP contribution >= 0.6 is 0 Å². The molecule has 0 fully saturated rings. The molecule has 2 heterocycles. The van der Waals surface area contributed by atoms with Crippen LogP contribution in [0.2, 0.25) is 0 Å². The summed E-state index contributed by atoms with van der Waals surface area (Å²) in [7, 11) is -9.25. The van der Waals surface area contributed by atoms with Crippen LogP contribution in [0.25, 0.3) is 44.5 Å². The molecule has 450 valence electrons. The van der Waals surface area contributed by atoms with Crippen LogP contribution in [0.4, 0.5) is 17.1 Å². The molecule has 4 N–H and O–H groups in total. The monoisotopic (exact) mass is 1210 g/mol. The predicted molar refractivity (Wildman–Crippen MR) is 335 cm³/mol. The Balaban J connectivity index is 0.715. The molecule has 0 saturated carbocycles. The molecule has 9 rings (SSSR count). The van der Waals surface area contributed by atoms with Gasteiger partial charge in [-0.2, -0.15) is 8.42 Å². The summed E-state index contributed by atoms with van der Waals surface area (Å²) in [5.41, 5.74) is 7.39. The van der Waals surface area contributed by atoms with Crippen LogP contribution in [0.1, 0.15) is 79.3 Å². The Morgan fingerprint density at radius 3 is 2.09 bits per heavy atom. The molecule has 3 amide bonds. The quantitative estimate of drug-likeness (QED) is 0.0172. The first-order valence-corrected chi connectivity index (χ1v) is 32.0. The van der Waals surface area contributed by atoms with E-state index in [0.29, 0.717) is 69.7 Å². The molecular weight excluding hydrogens is 1130 g/mol. The lowest BCUT2D eigenvalue weighted by Gasteiger charge is -2.24. The SMILES string of the molecule is CCN(CC)c1ccc2c(-c3ccc(S(=O)(=O)NCCOCCOCCOCCC(=O)NC4CCCN(C(=O)c5ccc(NC(=O)c6ccccc6-c6ccccc6)cc5)c5ccccc54)cc3S(=O)(=O)O)c3ccc(=[N+](CC)CC)cc-3oc2c1. The molecule has 0 radical (unpaired) electrons. The van der Waals surface area contributed by atoms with Crippen LogP contribution < -0.4 is 35.1 Å². The van der Waals surface area contributed by atoms with Gasteiger partial charge in [0.05, 0.1) is 56.6 Å². The number of ether oxygens (including phenoxy) is 3. The third-order valence-corrected chi connectivity index (χ3v) is 17.6. The van der Waals surface area contributed by atoms with E-state index < -0.39 is 25.0 Å². The fraction of sp³-hybridized carbons (Fsp3) is 0.303. The number of benzene rings is 7.